The standard InChI is InChI=1S/C21H16Cl2N4O2/c22-16-8-6-15(7-9-16)20-25-21(29-26-20)18-5-2-10-27(18)13-19(28)24-12-14-3-1-4-17(23)11-14/h1-11H,12-13H2,(H,24,28). The van der Waals surface area contributed by atoms with E-state index in [1.165, 1.54) is 0 Å². The molecular weight excluding hydrogens is 411 g/mol. The van der Waals surface area contributed by atoms with E-state index < -0.39 is 0 Å². The predicted molar refractivity (Wildman–Crippen MR) is 111 cm³/mol. The van der Waals surface area contributed by atoms with Crippen LogP contribution in [0.5, 0.6) is 0 Å². The fraction of sp³-hybridized carbons (Fsp3) is 0.0952. The van der Waals surface area contributed by atoms with Gasteiger partial charge in [0.1, 0.15) is 12.2 Å². The number of nitrogens with one attached hydrogen (secondary N) is 1. The van der Waals surface area contributed by atoms with Crippen LogP contribution in [0.1, 0.15) is 5.56 Å². The molecule has 0 fully saturated rings. The number of rotatable bonds is 6. The molecule has 2 aromatic carbocycles. The van der Waals surface area contributed by atoms with E-state index in [9.17, 15) is 4.79 Å². The molecule has 0 aliphatic carbocycles. The highest BCUT2D eigenvalue weighted by atomic mass is 35.5. The van der Waals surface area contributed by atoms with Crippen molar-refractivity contribution >= 4 is 29.1 Å². The Bertz CT molecular complexity index is 1140. The molecule has 2 heterocycles. The normalized spacial score (nSPS) is 10.8. The molecule has 1 amide bonds. The van der Waals surface area contributed by atoms with Crippen molar-refractivity contribution in [2.45, 2.75) is 13.1 Å². The van der Waals surface area contributed by atoms with Gasteiger partial charge in [0.2, 0.25) is 11.7 Å². The third kappa shape index (κ3) is 4.67. The molecule has 8 heteroatoms. The Hall–Kier alpha value is -3.09. The number of nitrogens with zero attached hydrogens (tertiary/aromatic N) is 3. The maximum absolute atomic E-state index is 12.4. The molecule has 0 aliphatic rings. The Morgan fingerprint density at radius 2 is 1.86 bits per heavy atom. The highest BCUT2D eigenvalue weighted by molar-refractivity contribution is 6.30. The average Bonchev–Trinajstić information content (AvgIpc) is 3.36. The first kappa shape index (κ1) is 19.2. The van der Waals surface area contributed by atoms with Gasteiger partial charge in [0.05, 0.1) is 0 Å². The van der Waals surface area contributed by atoms with Gasteiger partial charge in [0, 0.05) is 28.4 Å². The third-order valence-electron chi connectivity index (χ3n) is 4.27. The van der Waals surface area contributed by atoms with Crippen LogP contribution in [-0.4, -0.2) is 20.6 Å². The minimum atomic E-state index is -0.139. The summed E-state index contributed by atoms with van der Waals surface area (Å²) in [5, 5.41) is 8.17. The van der Waals surface area contributed by atoms with Crippen LogP contribution in [-0.2, 0) is 17.9 Å². The Kier molecular flexibility index (Phi) is 5.64. The highest BCUT2D eigenvalue weighted by Gasteiger charge is 2.15. The van der Waals surface area contributed by atoms with Crippen LogP contribution in [0, 0.1) is 0 Å². The number of amides is 1. The van der Waals surface area contributed by atoms with Gasteiger partial charge in [-0.2, -0.15) is 4.98 Å². The number of carbonyl (C=O) groups is 1. The Balaban J connectivity index is 1.44. The zero-order valence-corrected chi connectivity index (χ0v) is 16.7. The first-order chi connectivity index (χ1) is 14.1. The number of benzene rings is 2. The first-order valence-electron chi connectivity index (χ1n) is 8.85. The molecule has 2 aromatic heterocycles. The van der Waals surface area contributed by atoms with Crippen LogP contribution in [0.4, 0.5) is 0 Å². The summed E-state index contributed by atoms with van der Waals surface area (Å²) in [5.74, 6) is 0.650. The lowest BCUT2D eigenvalue weighted by Gasteiger charge is -2.08. The molecule has 29 heavy (non-hydrogen) atoms. The van der Waals surface area contributed by atoms with E-state index in [0.717, 1.165) is 11.1 Å². The van der Waals surface area contributed by atoms with E-state index >= 15 is 0 Å². The van der Waals surface area contributed by atoms with Gasteiger partial charge in [-0.25, -0.2) is 0 Å². The summed E-state index contributed by atoms with van der Waals surface area (Å²) in [6.07, 6.45) is 1.79. The monoisotopic (exact) mass is 426 g/mol. The second-order valence-corrected chi connectivity index (χ2v) is 7.23. The molecule has 1 N–H and O–H groups in total. The van der Waals surface area contributed by atoms with E-state index in [0.29, 0.717) is 34.0 Å². The molecule has 6 nitrogen and oxygen atoms in total. The Morgan fingerprint density at radius 3 is 2.66 bits per heavy atom. The SMILES string of the molecule is O=C(Cn1cccc1-c1nc(-c2ccc(Cl)cc2)no1)NCc1cccc(Cl)c1. The fourth-order valence-corrected chi connectivity index (χ4v) is 3.19. The van der Waals surface area contributed by atoms with Gasteiger partial charge in [-0.15, -0.1) is 0 Å². The molecule has 0 bridgehead atoms. The van der Waals surface area contributed by atoms with E-state index in [-0.39, 0.29) is 12.5 Å². The van der Waals surface area contributed by atoms with Crippen molar-refractivity contribution in [3.8, 4) is 23.0 Å². The molecule has 0 radical (unpaired) electrons. The number of halogens is 2. The van der Waals surface area contributed by atoms with Crippen LogP contribution >= 0.6 is 23.2 Å². The van der Waals surface area contributed by atoms with Crippen LogP contribution < -0.4 is 5.32 Å². The van der Waals surface area contributed by atoms with Crippen LogP contribution in [0.3, 0.4) is 0 Å². The summed E-state index contributed by atoms with van der Waals surface area (Å²) in [4.78, 5) is 16.8. The van der Waals surface area contributed by atoms with Gasteiger partial charge >= 0.3 is 0 Å². The van der Waals surface area contributed by atoms with Crippen molar-refractivity contribution in [2.24, 2.45) is 0 Å². The molecule has 0 spiro atoms. The minimum absolute atomic E-state index is 0.127. The molecule has 146 valence electrons. The van der Waals surface area contributed by atoms with Crippen LogP contribution in [0.25, 0.3) is 23.0 Å². The van der Waals surface area contributed by atoms with Crippen molar-refractivity contribution in [3.63, 3.8) is 0 Å². The van der Waals surface area contributed by atoms with Gasteiger partial charge in [0.15, 0.2) is 0 Å². The molecule has 0 aliphatic heterocycles. The second kappa shape index (κ2) is 8.51. The lowest BCUT2D eigenvalue weighted by molar-refractivity contribution is -0.121. The summed E-state index contributed by atoms with van der Waals surface area (Å²) in [6.45, 7) is 0.527. The van der Waals surface area contributed by atoms with E-state index in [1.807, 2.05) is 42.5 Å². The lowest BCUT2D eigenvalue weighted by atomic mass is 10.2. The second-order valence-electron chi connectivity index (χ2n) is 6.36. The smallest absolute Gasteiger partial charge is 0.274 e. The zero-order chi connectivity index (χ0) is 20.2. The summed E-state index contributed by atoms with van der Waals surface area (Å²) in [7, 11) is 0. The lowest BCUT2D eigenvalue weighted by Crippen LogP contribution is -2.27. The minimum Gasteiger partial charge on any atom is -0.350 e. The number of aromatic nitrogens is 3. The highest BCUT2D eigenvalue weighted by Crippen LogP contribution is 2.24. The van der Waals surface area contributed by atoms with E-state index in [4.69, 9.17) is 27.7 Å². The summed E-state index contributed by atoms with van der Waals surface area (Å²) < 4.78 is 7.15. The van der Waals surface area contributed by atoms with Crippen molar-refractivity contribution in [1.82, 2.24) is 20.0 Å². The van der Waals surface area contributed by atoms with Gasteiger partial charge in [-0.1, -0.05) is 40.5 Å². The van der Waals surface area contributed by atoms with Crippen LogP contribution in [0.15, 0.2) is 71.4 Å². The first-order valence-corrected chi connectivity index (χ1v) is 9.60. The Labute approximate surface area is 177 Å². The van der Waals surface area contributed by atoms with Gasteiger partial charge in [-0.05, 0) is 54.1 Å². The molecule has 0 saturated heterocycles. The van der Waals surface area contributed by atoms with E-state index in [1.54, 1.807) is 29.0 Å². The van der Waals surface area contributed by atoms with Gasteiger partial charge in [-0.3, -0.25) is 4.79 Å². The largest absolute Gasteiger partial charge is 0.350 e. The Morgan fingerprint density at radius 1 is 1.03 bits per heavy atom. The molecule has 0 atom stereocenters. The summed E-state index contributed by atoms with van der Waals surface area (Å²) >= 11 is 11.9. The average molecular weight is 427 g/mol. The molecule has 4 rings (SSSR count). The zero-order valence-electron chi connectivity index (χ0n) is 15.2. The maximum Gasteiger partial charge on any atom is 0.274 e. The van der Waals surface area contributed by atoms with Crippen molar-refractivity contribution < 1.29 is 9.32 Å². The van der Waals surface area contributed by atoms with Crippen molar-refractivity contribution in [2.75, 3.05) is 0 Å². The summed E-state index contributed by atoms with van der Waals surface area (Å²) in [6, 6.07) is 18.2. The van der Waals surface area contributed by atoms with Crippen molar-refractivity contribution in [3.05, 3.63) is 82.5 Å². The van der Waals surface area contributed by atoms with Crippen molar-refractivity contribution in [1.29, 1.82) is 0 Å². The van der Waals surface area contributed by atoms with E-state index in [2.05, 4.69) is 15.5 Å². The third-order valence-corrected chi connectivity index (χ3v) is 4.76. The molecule has 0 saturated carbocycles. The quantitative estimate of drug-likeness (QED) is 0.479. The number of hydrogen-bond donors (Lipinski definition) is 1. The molecule has 0 unspecified atom stereocenters. The van der Waals surface area contributed by atoms with Gasteiger partial charge in [0.25, 0.3) is 5.89 Å². The maximum atomic E-state index is 12.4. The molecule has 4 aromatic rings. The number of hydrogen-bond acceptors (Lipinski definition) is 4. The fourth-order valence-electron chi connectivity index (χ4n) is 2.85. The van der Waals surface area contributed by atoms with Crippen LogP contribution in [0.2, 0.25) is 10.0 Å². The summed E-state index contributed by atoms with van der Waals surface area (Å²) in [5.41, 5.74) is 2.39. The number of carbonyl (C=O) groups excluding carboxylic acids is 1. The topological polar surface area (TPSA) is 73.0 Å². The predicted octanol–water partition coefficient (Wildman–Crippen LogP) is 4.83. The molecular formula is C21H16Cl2N4O2. The van der Waals surface area contributed by atoms with Gasteiger partial charge < -0.3 is 14.4 Å².